The lowest BCUT2D eigenvalue weighted by Gasteiger charge is -2.41. The number of anilines is 1. The van der Waals surface area contributed by atoms with E-state index in [0.717, 1.165) is 27.3 Å². The summed E-state index contributed by atoms with van der Waals surface area (Å²) in [5.74, 6) is 0.125. The lowest BCUT2D eigenvalue weighted by Crippen LogP contribution is -2.45. The number of hydrogen-bond donors (Lipinski definition) is 3. The van der Waals surface area contributed by atoms with Crippen LogP contribution in [-0.2, 0) is 37.3 Å². The predicted octanol–water partition coefficient (Wildman–Crippen LogP) is 6.99. The molecule has 0 radical (unpaired) electrons. The summed E-state index contributed by atoms with van der Waals surface area (Å²) in [5, 5.41) is 13.4. The van der Waals surface area contributed by atoms with Crippen molar-refractivity contribution >= 4 is 33.4 Å². The van der Waals surface area contributed by atoms with Crippen molar-refractivity contribution in [2.75, 3.05) is 11.1 Å². The van der Waals surface area contributed by atoms with Crippen molar-refractivity contribution in [3.8, 4) is 0 Å². The highest BCUT2D eigenvalue weighted by atomic mass is 32.2. The zero-order valence-corrected chi connectivity index (χ0v) is 30.0. The standard InChI is InChI=1S/C40H41N3O6S2/c1-27-14-20-34(21-15-27)51(46,47)43-35(23-29-9-4-3-5-10-29)39(45)42-33-12-8-11-32(24-33)40-48-36(26-50-37-13-6-7-22-41-37)28(2)38(49-40)31-18-16-30(25-44)17-19-31/h3-22,24,28,35-36,38,40,43-44H,23,25-26H2,1-2H3,(H,42,45)/t28-,35+,36+,38+,40?/m0/s1. The average Bonchev–Trinajstić information content (AvgIpc) is 3.15. The number of nitrogens with one attached hydrogen (secondary N) is 2. The predicted molar refractivity (Wildman–Crippen MR) is 198 cm³/mol. The molecule has 0 bridgehead atoms. The zero-order valence-electron chi connectivity index (χ0n) is 28.4. The van der Waals surface area contributed by atoms with Crippen LogP contribution in [0.4, 0.5) is 5.69 Å². The van der Waals surface area contributed by atoms with Crippen LogP contribution in [0.2, 0.25) is 0 Å². The highest BCUT2D eigenvalue weighted by Gasteiger charge is 2.38. The summed E-state index contributed by atoms with van der Waals surface area (Å²) in [6.45, 7) is 3.94. The molecule has 1 aliphatic heterocycles. The number of carbonyl (C=O) groups is 1. The van der Waals surface area contributed by atoms with Crippen LogP contribution >= 0.6 is 11.8 Å². The normalized spacial score (nSPS) is 19.7. The minimum atomic E-state index is -4.00. The van der Waals surface area contributed by atoms with E-state index < -0.39 is 28.3 Å². The molecule has 51 heavy (non-hydrogen) atoms. The molecule has 5 aromatic rings. The van der Waals surface area contributed by atoms with Gasteiger partial charge in [0.2, 0.25) is 15.9 Å². The summed E-state index contributed by atoms with van der Waals surface area (Å²) in [6, 6.07) is 35.5. The van der Waals surface area contributed by atoms with Crippen LogP contribution in [0, 0.1) is 12.8 Å². The van der Waals surface area contributed by atoms with Crippen LogP contribution in [0.1, 0.15) is 47.1 Å². The molecule has 3 N–H and O–H groups in total. The third kappa shape index (κ3) is 9.50. The van der Waals surface area contributed by atoms with E-state index in [9.17, 15) is 18.3 Å². The molecular formula is C40H41N3O6S2. The second kappa shape index (κ2) is 16.8. The van der Waals surface area contributed by atoms with E-state index >= 15 is 0 Å². The molecule has 1 fully saturated rings. The van der Waals surface area contributed by atoms with Crippen molar-refractivity contribution in [2.45, 2.75) is 61.3 Å². The number of aliphatic hydroxyl groups excluding tert-OH is 1. The molecule has 2 heterocycles. The number of aliphatic hydroxyl groups is 1. The molecule has 1 aromatic heterocycles. The quantitative estimate of drug-likeness (QED) is 0.111. The van der Waals surface area contributed by atoms with Crippen molar-refractivity contribution < 1.29 is 27.8 Å². The number of hydrogen-bond acceptors (Lipinski definition) is 8. The fraction of sp³-hybridized carbons (Fsp3) is 0.250. The second-order valence-corrected chi connectivity index (χ2v) is 15.3. The van der Waals surface area contributed by atoms with Gasteiger partial charge in [0.1, 0.15) is 6.04 Å². The fourth-order valence-corrected chi connectivity index (χ4v) is 8.14. The summed E-state index contributed by atoms with van der Waals surface area (Å²) >= 11 is 1.61. The fourth-order valence-electron chi connectivity index (χ4n) is 5.91. The van der Waals surface area contributed by atoms with Gasteiger partial charge in [-0.25, -0.2) is 13.4 Å². The van der Waals surface area contributed by atoms with Crippen molar-refractivity contribution in [3.63, 3.8) is 0 Å². The van der Waals surface area contributed by atoms with E-state index in [2.05, 4.69) is 21.9 Å². The summed E-state index contributed by atoms with van der Waals surface area (Å²) in [7, 11) is -4.00. The van der Waals surface area contributed by atoms with Crippen LogP contribution in [-0.4, -0.2) is 42.3 Å². The number of amides is 1. The first-order valence-electron chi connectivity index (χ1n) is 16.8. The van der Waals surface area contributed by atoms with Gasteiger partial charge in [0.05, 0.1) is 28.7 Å². The van der Waals surface area contributed by atoms with Gasteiger partial charge in [0.25, 0.3) is 0 Å². The minimum Gasteiger partial charge on any atom is -0.392 e. The number of sulfonamides is 1. The molecule has 6 rings (SSSR count). The molecule has 1 amide bonds. The van der Waals surface area contributed by atoms with E-state index in [1.165, 1.54) is 12.1 Å². The Bertz CT molecular complexity index is 2000. The summed E-state index contributed by atoms with van der Waals surface area (Å²) in [6.07, 6.45) is 0.646. The number of ether oxygens (including phenoxy) is 2. The largest absolute Gasteiger partial charge is 0.392 e. The molecule has 0 aliphatic carbocycles. The highest BCUT2D eigenvalue weighted by molar-refractivity contribution is 7.99. The zero-order chi connectivity index (χ0) is 35.8. The molecule has 1 aliphatic rings. The maximum atomic E-state index is 13.8. The van der Waals surface area contributed by atoms with Crippen molar-refractivity contribution in [1.82, 2.24) is 9.71 Å². The van der Waals surface area contributed by atoms with E-state index in [4.69, 9.17) is 9.47 Å². The number of aryl methyl sites for hydroxylation is 1. The summed E-state index contributed by atoms with van der Waals surface area (Å²) < 4.78 is 42.7. The Balaban J connectivity index is 1.24. The third-order valence-corrected chi connectivity index (χ3v) is 11.3. The van der Waals surface area contributed by atoms with E-state index in [1.54, 1.807) is 48.3 Å². The molecule has 9 nitrogen and oxygen atoms in total. The topological polar surface area (TPSA) is 127 Å². The van der Waals surface area contributed by atoms with Gasteiger partial charge in [0, 0.05) is 29.1 Å². The van der Waals surface area contributed by atoms with E-state index in [-0.39, 0.29) is 36.0 Å². The monoisotopic (exact) mass is 723 g/mol. The van der Waals surface area contributed by atoms with Crippen LogP contribution < -0.4 is 10.0 Å². The van der Waals surface area contributed by atoms with E-state index in [1.807, 2.05) is 85.8 Å². The van der Waals surface area contributed by atoms with Gasteiger partial charge >= 0.3 is 0 Å². The number of rotatable bonds is 13. The Hall–Kier alpha value is -4.36. The molecule has 0 spiro atoms. The number of nitrogens with zero attached hydrogens (tertiary/aromatic N) is 1. The Morgan fingerprint density at radius 2 is 1.61 bits per heavy atom. The molecule has 264 valence electrons. The van der Waals surface area contributed by atoms with Crippen molar-refractivity contribution in [2.24, 2.45) is 5.92 Å². The Labute approximate surface area is 303 Å². The minimum absolute atomic E-state index is 0.0133. The van der Waals surface area contributed by atoms with Crippen molar-refractivity contribution in [3.05, 3.63) is 155 Å². The first kappa shape index (κ1) is 36.4. The number of aromatic nitrogens is 1. The third-order valence-electron chi connectivity index (χ3n) is 8.81. The first-order valence-corrected chi connectivity index (χ1v) is 19.2. The van der Waals surface area contributed by atoms with Crippen molar-refractivity contribution in [1.29, 1.82) is 0 Å². The first-order chi connectivity index (χ1) is 24.7. The number of pyridine rings is 1. The van der Waals surface area contributed by atoms with Crippen LogP contribution in [0.3, 0.4) is 0 Å². The average molecular weight is 724 g/mol. The maximum Gasteiger partial charge on any atom is 0.242 e. The lowest BCUT2D eigenvalue weighted by atomic mass is 9.91. The van der Waals surface area contributed by atoms with Gasteiger partial charge in [0.15, 0.2) is 6.29 Å². The van der Waals surface area contributed by atoms with Gasteiger partial charge in [-0.05, 0) is 66.4 Å². The SMILES string of the molecule is Cc1ccc(S(=O)(=O)N[C@H](Cc2ccccc2)C(=O)Nc2cccc(C3O[C@H](CSc4ccccn4)[C@H](C)[C@H](c4ccc(CO)cc4)O3)c2)cc1. The Morgan fingerprint density at radius 3 is 2.31 bits per heavy atom. The molecular weight excluding hydrogens is 683 g/mol. The van der Waals surface area contributed by atoms with Gasteiger partial charge in [-0.2, -0.15) is 4.72 Å². The molecule has 1 unspecified atom stereocenters. The number of thioether (sulfide) groups is 1. The molecule has 11 heteroatoms. The molecule has 4 aromatic carbocycles. The number of benzene rings is 4. The molecule has 5 atom stereocenters. The van der Waals surface area contributed by atoms with Crippen LogP contribution in [0.5, 0.6) is 0 Å². The van der Waals surface area contributed by atoms with Gasteiger partial charge in [-0.1, -0.05) is 97.4 Å². The van der Waals surface area contributed by atoms with E-state index in [0.29, 0.717) is 17.0 Å². The number of carbonyl (C=O) groups excluding carboxylic acids is 1. The van der Waals surface area contributed by atoms with Gasteiger partial charge < -0.3 is 19.9 Å². The maximum absolute atomic E-state index is 13.8. The lowest BCUT2D eigenvalue weighted by molar-refractivity contribution is -0.268. The van der Waals surface area contributed by atoms with Gasteiger partial charge in [-0.3, -0.25) is 4.79 Å². The highest BCUT2D eigenvalue weighted by Crippen LogP contribution is 2.43. The smallest absolute Gasteiger partial charge is 0.242 e. The Morgan fingerprint density at radius 1 is 0.863 bits per heavy atom. The molecule has 0 saturated carbocycles. The Kier molecular flexibility index (Phi) is 12.0. The van der Waals surface area contributed by atoms with Crippen LogP contribution in [0.25, 0.3) is 0 Å². The summed E-state index contributed by atoms with van der Waals surface area (Å²) in [5.41, 5.74) is 4.69. The second-order valence-electron chi connectivity index (χ2n) is 12.6. The van der Waals surface area contributed by atoms with Gasteiger partial charge in [-0.15, -0.1) is 11.8 Å². The molecule has 1 saturated heterocycles. The summed E-state index contributed by atoms with van der Waals surface area (Å²) in [4.78, 5) is 18.4. The van der Waals surface area contributed by atoms with Crippen LogP contribution in [0.15, 0.2) is 137 Å².